The van der Waals surface area contributed by atoms with Crippen LogP contribution in [-0.2, 0) is 19.1 Å². The molecule has 0 fully saturated rings. The minimum Gasteiger partial charge on any atom is -0.444 e. The zero-order valence-electron chi connectivity index (χ0n) is 26.2. The molecule has 0 aliphatic carbocycles. The molecule has 0 aliphatic heterocycles. The Labute approximate surface area is 254 Å². The molecule has 42 heavy (non-hydrogen) atoms. The summed E-state index contributed by atoms with van der Waals surface area (Å²) in [5, 5.41) is 5.96. The van der Waals surface area contributed by atoms with Crippen LogP contribution in [0.15, 0.2) is 36.4 Å². The molecule has 4 amide bonds. The van der Waals surface area contributed by atoms with Gasteiger partial charge in [0.1, 0.15) is 17.7 Å². The summed E-state index contributed by atoms with van der Waals surface area (Å²) >= 11 is 6.47. The van der Waals surface area contributed by atoms with Crippen molar-refractivity contribution in [3.8, 4) is 0 Å². The fraction of sp³-hybridized carbons (Fsp3) is 0.500. The number of amides is 4. The molecule has 0 aromatic heterocycles. The molecule has 2 atom stereocenters. The summed E-state index contributed by atoms with van der Waals surface area (Å²) < 4.78 is 5.42. The second-order valence-corrected chi connectivity index (χ2v) is 12.6. The van der Waals surface area contributed by atoms with Crippen LogP contribution in [0.1, 0.15) is 89.1 Å². The van der Waals surface area contributed by atoms with Gasteiger partial charge in [-0.15, -0.1) is 0 Å². The molecule has 0 spiro atoms. The Morgan fingerprint density at radius 2 is 1.57 bits per heavy atom. The molecule has 4 N–H and O–H groups in total. The lowest BCUT2D eigenvalue weighted by molar-refractivity contribution is -0.148. The first-order valence-electron chi connectivity index (χ1n) is 14.1. The van der Waals surface area contributed by atoms with E-state index >= 15 is 0 Å². The van der Waals surface area contributed by atoms with Gasteiger partial charge < -0.3 is 26.0 Å². The van der Waals surface area contributed by atoms with Crippen LogP contribution in [0, 0.1) is 20.8 Å². The first kappa shape index (κ1) is 34.6. The van der Waals surface area contributed by atoms with Gasteiger partial charge in [0.2, 0.25) is 11.8 Å². The number of carbonyl (C=O) groups excluding carboxylic acids is 4. The lowest BCUT2D eigenvalue weighted by Gasteiger charge is -2.45. The first-order chi connectivity index (χ1) is 19.4. The predicted molar refractivity (Wildman–Crippen MR) is 166 cm³/mol. The second-order valence-electron chi connectivity index (χ2n) is 12.2. The summed E-state index contributed by atoms with van der Waals surface area (Å²) in [5.41, 5.74) is 7.34. The van der Waals surface area contributed by atoms with Crippen LogP contribution in [0.4, 0.5) is 10.5 Å². The summed E-state index contributed by atoms with van der Waals surface area (Å²) in [6, 6.07) is 8.58. The van der Waals surface area contributed by atoms with E-state index in [2.05, 4.69) is 10.6 Å². The van der Waals surface area contributed by atoms with Gasteiger partial charge in [0.25, 0.3) is 5.91 Å². The van der Waals surface area contributed by atoms with Crippen LogP contribution in [0.5, 0.6) is 0 Å². The summed E-state index contributed by atoms with van der Waals surface area (Å²) in [5.74, 6) is -1.65. The molecule has 2 aromatic rings. The quantitative estimate of drug-likeness (QED) is 0.286. The third-order valence-corrected chi connectivity index (χ3v) is 7.66. The van der Waals surface area contributed by atoms with E-state index in [1.165, 1.54) is 4.90 Å². The molecule has 0 saturated carbocycles. The van der Waals surface area contributed by atoms with E-state index in [1.807, 2.05) is 65.8 Å². The summed E-state index contributed by atoms with van der Waals surface area (Å²) in [6.45, 7) is 16.4. The van der Waals surface area contributed by atoms with Gasteiger partial charge in [-0.2, -0.15) is 0 Å². The largest absolute Gasteiger partial charge is 0.444 e. The summed E-state index contributed by atoms with van der Waals surface area (Å²) in [4.78, 5) is 55.0. The number of nitrogens with zero attached hydrogens (tertiary/aromatic N) is 1. The standard InChI is InChI=1S/C32H45ClN4O5/c1-10-32(8,9)37(29(40)24(17-18-25(34)38)35-30(41)42-31(5,6)7)27(22-15-11-13-19(2)21(22)4)28(39)36-26-20(3)14-12-16-23(26)33/h11-16,24,27H,10,17-18H2,1-9H3,(H2,34,38)(H,35,41)(H,36,39). The molecule has 2 rings (SSSR count). The van der Waals surface area contributed by atoms with E-state index in [0.29, 0.717) is 22.7 Å². The van der Waals surface area contributed by atoms with Crippen LogP contribution in [0.3, 0.4) is 0 Å². The third kappa shape index (κ3) is 8.95. The van der Waals surface area contributed by atoms with Gasteiger partial charge in [-0.3, -0.25) is 14.4 Å². The second kappa shape index (κ2) is 14.1. The highest BCUT2D eigenvalue weighted by molar-refractivity contribution is 6.34. The number of primary amides is 1. The fourth-order valence-electron chi connectivity index (χ4n) is 4.56. The van der Waals surface area contributed by atoms with Crippen LogP contribution in [0.25, 0.3) is 0 Å². The minimum atomic E-state index is -1.19. The van der Waals surface area contributed by atoms with Gasteiger partial charge in [-0.1, -0.05) is 48.9 Å². The van der Waals surface area contributed by atoms with Crippen molar-refractivity contribution in [2.45, 2.75) is 105 Å². The summed E-state index contributed by atoms with van der Waals surface area (Å²) in [6.07, 6.45) is -0.577. The number of halogens is 1. The molecular weight excluding hydrogens is 556 g/mol. The van der Waals surface area contributed by atoms with Gasteiger partial charge in [-0.05, 0) is 96.6 Å². The molecule has 0 saturated heterocycles. The van der Waals surface area contributed by atoms with Gasteiger partial charge in [-0.25, -0.2) is 4.79 Å². The average Bonchev–Trinajstić information content (AvgIpc) is 2.87. The number of alkyl carbamates (subject to hydrolysis) is 1. The minimum absolute atomic E-state index is 0.0749. The van der Waals surface area contributed by atoms with Crippen molar-refractivity contribution in [1.29, 1.82) is 0 Å². The number of hydrogen-bond donors (Lipinski definition) is 3. The topological polar surface area (TPSA) is 131 Å². The predicted octanol–water partition coefficient (Wildman–Crippen LogP) is 6.12. The maximum Gasteiger partial charge on any atom is 0.408 e. The van der Waals surface area contributed by atoms with Gasteiger partial charge >= 0.3 is 6.09 Å². The first-order valence-corrected chi connectivity index (χ1v) is 14.5. The van der Waals surface area contributed by atoms with E-state index in [4.69, 9.17) is 22.1 Å². The number of aryl methyl sites for hydroxylation is 2. The van der Waals surface area contributed by atoms with Crippen LogP contribution in [0.2, 0.25) is 5.02 Å². The van der Waals surface area contributed by atoms with E-state index < -0.39 is 47.0 Å². The number of nitrogens with one attached hydrogen (secondary N) is 2. The van der Waals surface area contributed by atoms with Crippen molar-refractivity contribution >= 4 is 41.1 Å². The average molecular weight is 601 g/mol. The van der Waals surface area contributed by atoms with Crippen molar-refractivity contribution in [3.63, 3.8) is 0 Å². The van der Waals surface area contributed by atoms with Crippen molar-refractivity contribution in [2.24, 2.45) is 5.73 Å². The van der Waals surface area contributed by atoms with Crippen molar-refractivity contribution in [2.75, 3.05) is 5.32 Å². The maximum absolute atomic E-state index is 14.6. The molecule has 2 aromatic carbocycles. The van der Waals surface area contributed by atoms with Gasteiger partial charge in [0.15, 0.2) is 0 Å². The number of benzene rings is 2. The molecule has 2 unspecified atom stereocenters. The Hall–Kier alpha value is -3.59. The van der Waals surface area contributed by atoms with Crippen molar-refractivity contribution < 1.29 is 23.9 Å². The smallest absolute Gasteiger partial charge is 0.408 e. The molecule has 0 radical (unpaired) electrons. The Morgan fingerprint density at radius 3 is 2.12 bits per heavy atom. The molecule has 0 heterocycles. The monoisotopic (exact) mass is 600 g/mol. The number of anilines is 1. The van der Waals surface area contributed by atoms with E-state index in [1.54, 1.807) is 32.9 Å². The number of rotatable bonds is 11. The van der Waals surface area contributed by atoms with Crippen molar-refractivity contribution in [3.05, 3.63) is 63.7 Å². The highest BCUT2D eigenvalue weighted by atomic mass is 35.5. The van der Waals surface area contributed by atoms with E-state index in [0.717, 1.165) is 16.7 Å². The number of nitrogens with two attached hydrogens (primary N) is 1. The molecule has 0 bridgehead atoms. The highest BCUT2D eigenvalue weighted by Crippen LogP contribution is 2.36. The number of ether oxygens (including phenoxy) is 1. The Balaban J connectivity index is 2.75. The summed E-state index contributed by atoms with van der Waals surface area (Å²) in [7, 11) is 0. The molecular formula is C32H45ClN4O5. The Kier molecular flexibility index (Phi) is 11.6. The fourth-order valence-corrected chi connectivity index (χ4v) is 4.83. The van der Waals surface area contributed by atoms with E-state index in [9.17, 15) is 19.2 Å². The van der Waals surface area contributed by atoms with Crippen LogP contribution >= 0.6 is 11.6 Å². The number of hydrogen-bond acceptors (Lipinski definition) is 5. The maximum atomic E-state index is 14.6. The Morgan fingerprint density at radius 1 is 0.976 bits per heavy atom. The molecule has 230 valence electrons. The normalized spacial score (nSPS) is 13.1. The molecule has 10 heteroatoms. The lowest BCUT2D eigenvalue weighted by Crippen LogP contribution is -2.59. The van der Waals surface area contributed by atoms with Crippen LogP contribution in [-0.4, -0.2) is 45.9 Å². The SMILES string of the molecule is CCC(C)(C)N(C(=O)C(CCC(N)=O)NC(=O)OC(C)(C)C)C(C(=O)Nc1c(C)cccc1Cl)c1cccc(C)c1C. The zero-order valence-corrected chi connectivity index (χ0v) is 26.9. The van der Waals surface area contributed by atoms with Crippen LogP contribution < -0.4 is 16.4 Å². The van der Waals surface area contributed by atoms with E-state index in [-0.39, 0.29) is 12.8 Å². The third-order valence-electron chi connectivity index (χ3n) is 7.34. The Bertz CT molecular complexity index is 1300. The lowest BCUT2D eigenvalue weighted by atomic mass is 9.89. The number of para-hydroxylation sites is 1. The number of carbonyl (C=O) groups is 4. The zero-order chi connectivity index (χ0) is 32.0. The van der Waals surface area contributed by atoms with Crippen molar-refractivity contribution in [1.82, 2.24) is 10.2 Å². The van der Waals surface area contributed by atoms with Gasteiger partial charge in [0, 0.05) is 12.0 Å². The van der Waals surface area contributed by atoms with Gasteiger partial charge in [0.05, 0.1) is 10.7 Å². The highest BCUT2D eigenvalue weighted by Gasteiger charge is 2.44. The molecule has 9 nitrogen and oxygen atoms in total. The molecule has 0 aliphatic rings.